The number of hydrogen-bond acceptors (Lipinski definition) is 4. The third kappa shape index (κ3) is 3.73. The van der Waals surface area contributed by atoms with Crippen molar-refractivity contribution in [1.29, 1.82) is 5.26 Å². The third-order valence-corrected chi connectivity index (χ3v) is 4.12. The van der Waals surface area contributed by atoms with Gasteiger partial charge in [-0.1, -0.05) is 18.2 Å². The van der Waals surface area contributed by atoms with Crippen molar-refractivity contribution in [2.45, 2.75) is 13.8 Å². The van der Waals surface area contributed by atoms with Crippen molar-refractivity contribution in [3.8, 4) is 11.8 Å². The quantitative estimate of drug-likeness (QED) is 0.666. The van der Waals surface area contributed by atoms with Crippen LogP contribution in [0, 0.1) is 25.2 Å². The lowest BCUT2D eigenvalue weighted by molar-refractivity contribution is -0.113. The van der Waals surface area contributed by atoms with Crippen molar-refractivity contribution in [2.24, 2.45) is 0 Å². The molecule has 3 rings (SSSR count). The Kier molecular flexibility index (Phi) is 5.01. The van der Waals surface area contributed by atoms with Gasteiger partial charge in [-0.05, 0) is 73.1 Å². The van der Waals surface area contributed by atoms with E-state index in [9.17, 15) is 4.79 Å². The molecule has 1 aliphatic rings. The Morgan fingerprint density at radius 1 is 1.19 bits per heavy atom. The van der Waals surface area contributed by atoms with E-state index < -0.39 is 0 Å². The summed E-state index contributed by atoms with van der Waals surface area (Å²) in [5.41, 5.74) is 4.14. The summed E-state index contributed by atoms with van der Waals surface area (Å²) in [4.78, 5) is 14.3. The first-order chi connectivity index (χ1) is 12.5. The van der Waals surface area contributed by atoms with Gasteiger partial charge in [-0.3, -0.25) is 9.69 Å². The molecular weight excluding hydrogens is 346 g/mol. The standard InChI is InChI=1S/C20H17N3O2S/c1-13-9-14(2)11-16(10-13)23-19(24)18(22-20(23)26)12-15-3-5-17(6-4-15)25-8-7-21/h3-6,9-12H,8H2,1-2H3,(H,22,26)/b18-12+. The Labute approximate surface area is 157 Å². The Balaban J connectivity index is 1.84. The molecule has 0 aromatic heterocycles. The van der Waals surface area contributed by atoms with Gasteiger partial charge in [-0.15, -0.1) is 0 Å². The number of nitrogens with zero attached hydrogens (tertiary/aromatic N) is 2. The Morgan fingerprint density at radius 3 is 2.46 bits per heavy atom. The van der Waals surface area contributed by atoms with Crippen LogP contribution in [0.4, 0.5) is 5.69 Å². The summed E-state index contributed by atoms with van der Waals surface area (Å²) in [5, 5.41) is 11.9. The molecule has 6 heteroatoms. The van der Waals surface area contributed by atoms with Crippen molar-refractivity contribution in [2.75, 3.05) is 11.5 Å². The van der Waals surface area contributed by atoms with E-state index in [4.69, 9.17) is 22.2 Å². The lowest BCUT2D eigenvalue weighted by Crippen LogP contribution is -2.30. The van der Waals surface area contributed by atoms with Gasteiger partial charge >= 0.3 is 0 Å². The van der Waals surface area contributed by atoms with Crippen molar-refractivity contribution in [3.05, 3.63) is 64.9 Å². The zero-order chi connectivity index (χ0) is 18.7. The SMILES string of the molecule is Cc1cc(C)cc(N2C(=O)/C(=C\c3ccc(OCC#N)cc3)NC2=S)c1. The van der Waals surface area contributed by atoms with E-state index in [0.717, 1.165) is 22.4 Å². The molecule has 1 N–H and O–H groups in total. The highest BCUT2D eigenvalue weighted by atomic mass is 32.1. The number of carbonyl (C=O) groups is 1. The number of nitriles is 1. The molecule has 0 spiro atoms. The molecule has 0 saturated carbocycles. The van der Waals surface area contributed by atoms with Gasteiger partial charge in [0.25, 0.3) is 5.91 Å². The average molecular weight is 363 g/mol. The molecule has 1 amide bonds. The van der Waals surface area contributed by atoms with E-state index in [0.29, 0.717) is 16.6 Å². The van der Waals surface area contributed by atoms with Gasteiger partial charge in [-0.2, -0.15) is 5.26 Å². The van der Waals surface area contributed by atoms with Crippen LogP contribution in [0.25, 0.3) is 6.08 Å². The van der Waals surface area contributed by atoms with Gasteiger partial charge in [0.1, 0.15) is 17.5 Å². The van der Waals surface area contributed by atoms with Crippen molar-refractivity contribution in [1.82, 2.24) is 5.32 Å². The summed E-state index contributed by atoms with van der Waals surface area (Å²) >= 11 is 5.35. The molecule has 130 valence electrons. The van der Waals surface area contributed by atoms with Crippen molar-refractivity contribution >= 4 is 35.0 Å². The molecule has 0 aliphatic carbocycles. The Bertz CT molecular complexity index is 922. The molecule has 5 nitrogen and oxygen atoms in total. The monoisotopic (exact) mass is 363 g/mol. The van der Waals surface area contributed by atoms with Crippen LogP contribution in [0.2, 0.25) is 0 Å². The van der Waals surface area contributed by atoms with E-state index in [-0.39, 0.29) is 12.5 Å². The van der Waals surface area contributed by atoms with Crippen molar-refractivity contribution in [3.63, 3.8) is 0 Å². The normalized spacial score (nSPS) is 15.1. The number of carbonyl (C=O) groups excluding carboxylic acids is 1. The predicted molar refractivity (Wildman–Crippen MR) is 105 cm³/mol. The smallest absolute Gasteiger partial charge is 0.281 e. The minimum absolute atomic E-state index is 0.000380. The summed E-state index contributed by atoms with van der Waals surface area (Å²) in [7, 11) is 0. The second kappa shape index (κ2) is 7.38. The molecule has 1 heterocycles. The van der Waals surface area contributed by atoms with Crippen LogP contribution in [0.5, 0.6) is 5.75 Å². The number of aryl methyl sites for hydroxylation is 2. The molecule has 0 bridgehead atoms. The van der Waals surface area contributed by atoms with Crippen LogP contribution in [0.1, 0.15) is 16.7 Å². The second-order valence-corrected chi connectivity index (χ2v) is 6.38. The number of amides is 1. The van der Waals surface area contributed by atoms with Crippen LogP contribution in [0.15, 0.2) is 48.2 Å². The summed E-state index contributed by atoms with van der Waals surface area (Å²) in [6.45, 7) is 3.97. The summed E-state index contributed by atoms with van der Waals surface area (Å²) in [5.74, 6) is 0.414. The number of ether oxygens (including phenoxy) is 1. The maximum absolute atomic E-state index is 12.8. The van der Waals surface area contributed by atoms with Gasteiger partial charge in [0.15, 0.2) is 11.7 Å². The molecule has 2 aromatic rings. The molecule has 26 heavy (non-hydrogen) atoms. The van der Waals surface area contributed by atoms with E-state index in [1.54, 1.807) is 18.2 Å². The number of benzene rings is 2. The molecule has 0 atom stereocenters. The molecule has 1 aliphatic heterocycles. The lowest BCUT2D eigenvalue weighted by Gasteiger charge is -2.15. The maximum atomic E-state index is 12.8. The zero-order valence-electron chi connectivity index (χ0n) is 14.4. The number of anilines is 1. The van der Waals surface area contributed by atoms with Crippen LogP contribution in [-0.4, -0.2) is 17.6 Å². The summed E-state index contributed by atoms with van der Waals surface area (Å²) in [6.07, 6.45) is 1.74. The van der Waals surface area contributed by atoms with Crippen LogP contribution >= 0.6 is 12.2 Å². The van der Waals surface area contributed by atoms with Gasteiger partial charge in [0.2, 0.25) is 0 Å². The van der Waals surface area contributed by atoms with Crippen LogP contribution < -0.4 is 15.0 Å². The van der Waals surface area contributed by atoms with Gasteiger partial charge in [0, 0.05) is 0 Å². The summed E-state index contributed by atoms with van der Waals surface area (Å²) < 4.78 is 5.22. The van der Waals surface area contributed by atoms with E-state index in [2.05, 4.69) is 5.32 Å². The molecule has 0 radical (unpaired) electrons. The highest BCUT2D eigenvalue weighted by Crippen LogP contribution is 2.25. The number of nitrogens with one attached hydrogen (secondary N) is 1. The predicted octanol–water partition coefficient (Wildman–Crippen LogP) is 3.47. The minimum Gasteiger partial charge on any atom is -0.479 e. The number of rotatable bonds is 4. The molecule has 1 fully saturated rings. The Morgan fingerprint density at radius 2 is 1.85 bits per heavy atom. The fourth-order valence-corrected chi connectivity index (χ4v) is 3.09. The van der Waals surface area contributed by atoms with Crippen LogP contribution in [0.3, 0.4) is 0 Å². The lowest BCUT2D eigenvalue weighted by atomic mass is 10.1. The van der Waals surface area contributed by atoms with Gasteiger partial charge < -0.3 is 10.1 Å². The zero-order valence-corrected chi connectivity index (χ0v) is 15.3. The van der Waals surface area contributed by atoms with Crippen molar-refractivity contribution < 1.29 is 9.53 Å². The number of thiocarbonyl (C=S) groups is 1. The maximum Gasteiger partial charge on any atom is 0.281 e. The van der Waals surface area contributed by atoms with E-state index in [1.165, 1.54) is 4.90 Å². The first-order valence-electron chi connectivity index (χ1n) is 8.03. The number of hydrogen-bond donors (Lipinski definition) is 1. The first-order valence-corrected chi connectivity index (χ1v) is 8.44. The molecule has 2 aromatic carbocycles. The van der Waals surface area contributed by atoms with E-state index >= 15 is 0 Å². The van der Waals surface area contributed by atoms with Gasteiger partial charge in [0.05, 0.1) is 5.69 Å². The fraction of sp³-hybridized carbons (Fsp3) is 0.150. The van der Waals surface area contributed by atoms with Gasteiger partial charge in [-0.25, -0.2) is 0 Å². The molecule has 1 saturated heterocycles. The fourth-order valence-electron chi connectivity index (χ4n) is 2.79. The Hall–Kier alpha value is -3.17. The van der Waals surface area contributed by atoms with Crippen LogP contribution in [-0.2, 0) is 4.79 Å². The third-order valence-electron chi connectivity index (χ3n) is 3.84. The largest absolute Gasteiger partial charge is 0.479 e. The average Bonchev–Trinajstić information content (AvgIpc) is 2.87. The highest BCUT2D eigenvalue weighted by molar-refractivity contribution is 7.80. The molecule has 0 unspecified atom stereocenters. The van der Waals surface area contributed by atoms with E-state index in [1.807, 2.05) is 50.2 Å². The summed E-state index contributed by atoms with van der Waals surface area (Å²) in [6, 6.07) is 15.0. The molecular formula is C20H17N3O2S. The first kappa shape index (κ1) is 17.6. The topological polar surface area (TPSA) is 65.4 Å². The second-order valence-electron chi connectivity index (χ2n) is 5.99. The highest BCUT2D eigenvalue weighted by Gasteiger charge is 2.32. The minimum atomic E-state index is -0.190.